The maximum atomic E-state index is 2.34. The predicted molar refractivity (Wildman–Crippen MR) is 85.3 cm³/mol. The zero-order valence-corrected chi connectivity index (χ0v) is 15.2. The molecule has 0 radical (unpaired) electrons. The van der Waals surface area contributed by atoms with Crippen LogP contribution in [-0.4, -0.2) is 0 Å². The van der Waals surface area contributed by atoms with Gasteiger partial charge in [0, 0.05) is 0 Å². The molecule has 0 unspecified atom stereocenters. The first-order chi connectivity index (χ1) is 9.19. The molecule has 0 amide bonds. The summed E-state index contributed by atoms with van der Waals surface area (Å²) in [6.45, 7) is 14.0. The van der Waals surface area contributed by atoms with Gasteiger partial charge < -0.3 is 0 Å². The summed E-state index contributed by atoms with van der Waals surface area (Å²) < 4.78 is 3.33. The Labute approximate surface area is 133 Å². The van der Waals surface area contributed by atoms with Crippen molar-refractivity contribution in [3.05, 3.63) is 51.4 Å². The Bertz CT molecular complexity index is 516. The molecule has 0 aliphatic heterocycles. The zero-order chi connectivity index (χ0) is 15.0. The molecular formula is C19H26Ti. The van der Waals surface area contributed by atoms with E-state index >= 15 is 0 Å². The zero-order valence-electron chi connectivity index (χ0n) is 13.7. The molecule has 20 heavy (non-hydrogen) atoms. The normalized spacial score (nSPS) is 15.4. The van der Waals surface area contributed by atoms with Crippen LogP contribution in [0.4, 0.5) is 0 Å². The third-order valence-electron chi connectivity index (χ3n) is 3.74. The summed E-state index contributed by atoms with van der Waals surface area (Å²) in [4.78, 5) is 0. The van der Waals surface area contributed by atoms with E-state index in [4.69, 9.17) is 0 Å². The molecule has 0 aromatic heterocycles. The van der Waals surface area contributed by atoms with Gasteiger partial charge in [0.25, 0.3) is 0 Å². The summed E-state index contributed by atoms with van der Waals surface area (Å²) >= 11 is -0.209. The first-order valence-corrected chi connectivity index (χ1v) is 9.02. The second-order valence-corrected chi connectivity index (χ2v) is 9.85. The van der Waals surface area contributed by atoms with Gasteiger partial charge in [-0.3, -0.25) is 0 Å². The fraction of sp³-hybridized carbons (Fsp3) is 0.474. The monoisotopic (exact) mass is 302 g/mol. The summed E-state index contributed by atoms with van der Waals surface area (Å²) in [7, 11) is 0. The van der Waals surface area contributed by atoms with Crippen LogP contribution in [0.3, 0.4) is 0 Å². The molecule has 0 bridgehead atoms. The van der Waals surface area contributed by atoms with Gasteiger partial charge in [0.05, 0.1) is 0 Å². The van der Waals surface area contributed by atoms with Gasteiger partial charge in [0.2, 0.25) is 0 Å². The van der Waals surface area contributed by atoms with Crippen molar-refractivity contribution in [2.75, 3.05) is 0 Å². The Morgan fingerprint density at radius 2 is 1.45 bits per heavy atom. The van der Waals surface area contributed by atoms with Crippen LogP contribution < -0.4 is 3.87 Å². The molecule has 1 heteroatoms. The minimum absolute atomic E-state index is 0.209. The van der Waals surface area contributed by atoms with E-state index < -0.39 is 0 Å². The van der Waals surface area contributed by atoms with Crippen LogP contribution in [0.5, 0.6) is 0 Å². The first kappa shape index (κ1) is 15.8. The van der Waals surface area contributed by atoms with Crippen LogP contribution in [-0.2, 0) is 30.0 Å². The molecule has 1 aliphatic carbocycles. The van der Waals surface area contributed by atoms with Gasteiger partial charge in [0.15, 0.2) is 0 Å². The molecule has 0 spiro atoms. The number of allylic oxidation sites excluding steroid dienone is 4. The van der Waals surface area contributed by atoms with Gasteiger partial charge in [-0.05, 0) is 0 Å². The van der Waals surface area contributed by atoms with Crippen molar-refractivity contribution in [3.63, 3.8) is 0 Å². The van der Waals surface area contributed by atoms with E-state index in [-0.39, 0.29) is 30.0 Å². The van der Waals surface area contributed by atoms with E-state index in [0.717, 1.165) is 0 Å². The standard InChI is InChI=1S/C14H21.C5H5.Ti/c1-13(2,3)11-8-7-9-12(10-11)14(4,5)6;1-2-4-5-3-1;/h7-9H,1-6H3;1-3H,4H2;. The average molecular weight is 302 g/mol. The summed E-state index contributed by atoms with van der Waals surface area (Å²) in [5.74, 6) is 0. The first-order valence-electron chi connectivity index (χ1n) is 7.46. The van der Waals surface area contributed by atoms with E-state index in [1.54, 1.807) is 18.9 Å². The van der Waals surface area contributed by atoms with Gasteiger partial charge >= 0.3 is 133 Å². The van der Waals surface area contributed by atoms with E-state index in [1.807, 2.05) is 0 Å². The fourth-order valence-corrected chi connectivity index (χ4v) is 5.61. The van der Waals surface area contributed by atoms with Crippen LogP contribution in [0, 0.1) is 0 Å². The second kappa shape index (κ2) is 5.66. The molecule has 0 N–H and O–H groups in total. The molecule has 1 aliphatic rings. The van der Waals surface area contributed by atoms with E-state index in [0.29, 0.717) is 0 Å². The number of hydrogen-bond donors (Lipinski definition) is 0. The van der Waals surface area contributed by atoms with Crippen LogP contribution in [0.2, 0.25) is 0 Å². The van der Waals surface area contributed by atoms with E-state index in [9.17, 15) is 0 Å². The molecule has 1 aromatic carbocycles. The third-order valence-corrected chi connectivity index (χ3v) is 6.05. The van der Waals surface area contributed by atoms with Crippen molar-refractivity contribution in [1.29, 1.82) is 0 Å². The molecule has 0 heterocycles. The van der Waals surface area contributed by atoms with Crippen molar-refractivity contribution in [1.82, 2.24) is 0 Å². The molecule has 106 valence electrons. The minimum atomic E-state index is -0.209. The van der Waals surface area contributed by atoms with E-state index in [2.05, 4.69) is 78.0 Å². The van der Waals surface area contributed by atoms with E-state index in [1.165, 1.54) is 6.42 Å². The molecule has 0 saturated carbocycles. The van der Waals surface area contributed by atoms with Gasteiger partial charge in [0.1, 0.15) is 0 Å². The Morgan fingerprint density at radius 3 is 1.85 bits per heavy atom. The number of rotatable bonds is 2. The van der Waals surface area contributed by atoms with Gasteiger partial charge in [-0.25, -0.2) is 0 Å². The SMILES string of the molecule is CC(C)(C)c1cccc(C(C)(C)C)[c]1[Ti][C]1=CC=CC1. The average Bonchev–Trinajstić information content (AvgIpc) is 2.79. The molecule has 0 fully saturated rings. The molecule has 1 aromatic rings. The number of benzene rings is 1. The van der Waals surface area contributed by atoms with Gasteiger partial charge in [-0.2, -0.15) is 0 Å². The van der Waals surface area contributed by atoms with Crippen LogP contribution in [0.1, 0.15) is 59.1 Å². The topological polar surface area (TPSA) is 0 Å². The maximum absolute atomic E-state index is 2.34. The Hall–Kier alpha value is -0.586. The Morgan fingerprint density at radius 1 is 0.900 bits per heavy atom. The molecule has 0 atom stereocenters. The molecule has 0 nitrogen and oxygen atoms in total. The van der Waals surface area contributed by atoms with Crippen molar-refractivity contribution < 1.29 is 19.2 Å². The Kier molecular flexibility index (Phi) is 4.47. The quantitative estimate of drug-likeness (QED) is 0.686. The molecule has 0 saturated heterocycles. The number of hydrogen-bond acceptors (Lipinski definition) is 0. The summed E-state index contributed by atoms with van der Waals surface area (Å²) in [6, 6.07) is 6.94. The van der Waals surface area contributed by atoms with Crippen molar-refractivity contribution >= 4 is 3.87 Å². The van der Waals surface area contributed by atoms with Gasteiger partial charge in [-0.1, -0.05) is 0 Å². The van der Waals surface area contributed by atoms with Crippen molar-refractivity contribution in [3.8, 4) is 0 Å². The van der Waals surface area contributed by atoms with Crippen molar-refractivity contribution in [2.24, 2.45) is 0 Å². The summed E-state index contributed by atoms with van der Waals surface area (Å²) in [5, 5.41) is 0. The Balaban J connectivity index is 2.53. The molecule has 2 rings (SSSR count). The predicted octanol–water partition coefficient (Wildman–Crippen LogP) is 4.83. The summed E-state index contributed by atoms with van der Waals surface area (Å²) in [6.07, 6.45) is 8.01. The van der Waals surface area contributed by atoms with Crippen LogP contribution in [0.15, 0.2) is 40.3 Å². The molecular weight excluding hydrogens is 276 g/mol. The fourth-order valence-electron chi connectivity index (χ4n) is 2.64. The van der Waals surface area contributed by atoms with Crippen LogP contribution in [0.25, 0.3) is 0 Å². The third kappa shape index (κ3) is 3.54. The van der Waals surface area contributed by atoms with Crippen molar-refractivity contribution in [2.45, 2.75) is 58.8 Å². The van der Waals surface area contributed by atoms with Crippen LogP contribution >= 0.6 is 0 Å². The van der Waals surface area contributed by atoms with Gasteiger partial charge in [-0.15, -0.1) is 0 Å². The summed E-state index contributed by atoms with van der Waals surface area (Å²) in [5.41, 5.74) is 3.56. The second-order valence-electron chi connectivity index (χ2n) is 7.68.